The first kappa shape index (κ1) is 13.7. The highest BCUT2D eigenvalue weighted by Crippen LogP contribution is 2.16. The summed E-state index contributed by atoms with van der Waals surface area (Å²) in [7, 11) is 1.69. The van der Waals surface area contributed by atoms with Crippen molar-refractivity contribution < 1.29 is 9.90 Å². The molecule has 0 saturated heterocycles. The van der Waals surface area contributed by atoms with E-state index in [0.717, 1.165) is 5.56 Å². The molecular weight excluding hydrogens is 216 g/mol. The maximum atomic E-state index is 12.2. The van der Waals surface area contributed by atoms with Gasteiger partial charge in [0.2, 0.25) is 0 Å². The predicted molar refractivity (Wildman–Crippen MR) is 67.6 cm³/mol. The van der Waals surface area contributed by atoms with E-state index < -0.39 is 5.54 Å². The van der Waals surface area contributed by atoms with Crippen molar-refractivity contribution in [1.29, 1.82) is 0 Å². The van der Waals surface area contributed by atoms with Crippen LogP contribution in [0.4, 0.5) is 0 Å². The Morgan fingerprint density at radius 3 is 2.65 bits per heavy atom. The highest BCUT2D eigenvalue weighted by molar-refractivity contribution is 5.94. The van der Waals surface area contributed by atoms with Crippen molar-refractivity contribution >= 4 is 5.91 Å². The fourth-order valence-electron chi connectivity index (χ4n) is 1.41. The number of amides is 1. The average molecular weight is 236 g/mol. The van der Waals surface area contributed by atoms with Gasteiger partial charge in [-0.2, -0.15) is 0 Å². The molecule has 1 rings (SSSR count). The molecule has 0 atom stereocenters. The van der Waals surface area contributed by atoms with E-state index in [1.165, 1.54) is 0 Å². The second-order valence-corrected chi connectivity index (χ2v) is 4.74. The van der Waals surface area contributed by atoms with E-state index in [1.54, 1.807) is 24.1 Å². The quantitative estimate of drug-likeness (QED) is 0.819. The van der Waals surface area contributed by atoms with Crippen LogP contribution in [0.2, 0.25) is 0 Å². The number of nitrogens with zero attached hydrogens (tertiary/aromatic N) is 1. The monoisotopic (exact) mass is 236 g/mol. The summed E-state index contributed by atoms with van der Waals surface area (Å²) in [5.41, 5.74) is 6.49. The normalized spacial score (nSPS) is 11.4. The number of carbonyl (C=O) groups is 1. The molecule has 0 aromatic heterocycles. The summed E-state index contributed by atoms with van der Waals surface area (Å²) in [6, 6.07) is 7.24. The Hall–Kier alpha value is -1.39. The molecule has 0 heterocycles. The largest absolute Gasteiger partial charge is 0.394 e. The van der Waals surface area contributed by atoms with Crippen molar-refractivity contribution in [3.8, 4) is 0 Å². The minimum absolute atomic E-state index is 0.0776. The maximum Gasteiger partial charge on any atom is 0.254 e. The Bertz CT molecular complexity index is 402. The summed E-state index contributed by atoms with van der Waals surface area (Å²) in [6.07, 6.45) is 0. The molecule has 94 valence electrons. The lowest BCUT2D eigenvalue weighted by Gasteiger charge is -2.34. The molecule has 0 aliphatic heterocycles. The third-order valence-electron chi connectivity index (χ3n) is 3.01. The van der Waals surface area contributed by atoms with Crippen LogP contribution in [-0.4, -0.2) is 35.1 Å². The lowest BCUT2D eigenvalue weighted by molar-refractivity contribution is 0.0473. The molecule has 0 saturated carbocycles. The molecule has 0 fully saturated rings. The summed E-state index contributed by atoms with van der Waals surface area (Å²) in [4.78, 5) is 13.7. The van der Waals surface area contributed by atoms with E-state index in [0.29, 0.717) is 12.1 Å². The SMILES string of the molecule is CN(C(=O)c1cccc(CN)c1)C(C)(C)CO. The molecule has 1 amide bonds. The zero-order valence-corrected chi connectivity index (χ0v) is 10.6. The number of aliphatic hydroxyl groups is 1. The van der Waals surface area contributed by atoms with Gasteiger partial charge in [-0.3, -0.25) is 4.79 Å². The van der Waals surface area contributed by atoms with Gasteiger partial charge in [0.05, 0.1) is 12.1 Å². The van der Waals surface area contributed by atoms with Gasteiger partial charge in [0.1, 0.15) is 0 Å². The van der Waals surface area contributed by atoms with Crippen molar-refractivity contribution in [2.75, 3.05) is 13.7 Å². The van der Waals surface area contributed by atoms with Gasteiger partial charge in [0, 0.05) is 19.2 Å². The number of aliphatic hydroxyl groups excluding tert-OH is 1. The standard InChI is InChI=1S/C13H20N2O2/c1-13(2,9-16)15(3)12(17)11-6-4-5-10(7-11)8-14/h4-7,16H,8-9,14H2,1-3H3. The molecule has 3 N–H and O–H groups in total. The third kappa shape index (κ3) is 3.05. The molecule has 4 heteroatoms. The Morgan fingerprint density at radius 1 is 1.47 bits per heavy atom. The minimum atomic E-state index is -0.574. The van der Waals surface area contributed by atoms with E-state index in [2.05, 4.69) is 0 Å². The van der Waals surface area contributed by atoms with Crippen molar-refractivity contribution in [2.45, 2.75) is 25.9 Å². The molecule has 17 heavy (non-hydrogen) atoms. The molecule has 0 radical (unpaired) electrons. The smallest absolute Gasteiger partial charge is 0.254 e. The Balaban J connectivity index is 2.96. The molecule has 0 bridgehead atoms. The van der Waals surface area contributed by atoms with Crippen molar-refractivity contribution in [2.24, 2.45) is 5.73 Å². The number of carbonyl (C=O) groups excluding carboxylic acids is 1. The second-order valence-electron chi connectivity index (χ2n) is 4.74. The van der Waals surface area contributed by atoms with Crippen molar-refractivity contribution in [3.63, 3.8) is 0 Å². The van der Waals surface area contributed by atoms with Crippen LogP contribution in [0.3, 0.4) is 0 Å². The zero-order chi connectivity index (χ0) is 13.1. The van der Waals surface area contributed by atoms with Crippen LogP contribution in [0, 0.1) is 0 Å². The lowest BCUT2D eigenvalue weighted by atomic mass is 10.0. The molecule has 1 aromatic carbocycles. The Kier molecular flexibility index (Phi) is 4.26. The predicted octanol–water partition coefficient (Wildman–Crippen LogP) is 0.988. The van der Waals surface area contributed by atoms with Gasteiger partial charge in [-0.1, -0.05) is 12.1 Å². The maximum absolute atomic E-state index is 12.2. The van der Waals surface area contributed by atoms with Gasteiger partial charge in [-0.05, 0) is 31.5 Å². The van der Waals surface area contributed by atoms with E-state index in [-0.39, 0.29) is 12.5 Å². The summed E-state index contributed by atoms with van der Waals surface area (Å²) in [5.74, 6) is -0.112. The topological polar surface area (TPSA) is 66.6 Å². The van der Waals surface area contributed by atoms with Crippen LogP contribution in [0.5, 0.6) is 0 Å². The van der Waals surface area contributed by atoms with Crippen LogP contribution >= 0.6 is 0 Å². The van der Waals surface area contributed by atoms with Crippen LogP contribution in [0.15, 0.2) is 24.3 Å². The summed E-state index contributed by atoms with van der Waals surface area (Å²) in [6.45, 7) is 3.97. The fraction of sp³-hybridized carbons (Fsp3) is 0.462. The minimum Gasteiger partial charge on any atom is -0.394 e. The van der Waals surface area contributed by atoms with E-state index in [1.807, 2.05) is 26.0 Å². The molecule has 0 aliphatic carbocycles. The molecule has 1 aromatic rings. The van der Waals surface area contributed by atoms with Gasteiger partial charge in [0.15, 0.2) is 0 Å². The van der Waals surface area contributed by atoms with Gasteiger partial charge in [-0.15, -0.1) is 0 Å². The first-order valence-electron chi connectivity index (χ1n) is 5.60. The van der Waals surface area contributed by atoms with Gasteiger partial charge < -0.3 is 15.7 Å². The number of benzene rings is 1. The highest BCUT2D eigenvalue weighted by atomic mass is 16.3. The molecular formula is C13H20N2O2. The molecule has 0 unspecified atom stereocenters. The van der Waals surface area contributed by atoms with Crippen LogP contribution in [-0.2, 0) is 6.54 Å². The van der Waals surface area contributed by atoms with E-state index in [9.17, 15) is 9.90 Å². The van der Waals surface area contributed by atoms with E-state index >= 15 is 0 Å². The fourth-order valence-corrected chi connectivity index (χ4v) is 1.41. The number of rotatable bonds is 4. The van der Waals surface area contributed by atoms with Gasteiger partial charge in [0.25, 0.3) is 5.91 Å². The summed E-state index contributed by atoms with van der Waals surface area (Å²) in [5, 5.41) is 9.25. The van der Waals surface area contributed by atoms with Crippen molar-refractivity contribution in [3.05, 3.63) is 35.4 Å². The van der Waals surface area contributed by atoms with E-state index in [4.69, 9.17) is 5.73 Å². The second kappa shape index (κ2) is 5.29. The summed E-state index contributed by atoms with van der Waals surface area (Å²) >= 11 is 0. The first-order chi connectivity index (χ1) is 7.92. The van der Waals surface area contributed by atoms with Crippen LogP contribution < -0.4 is 5.73 Å². The Morgan fingerprint density at radius 2 is 2.12 bits per heavy atom. The summed E-state index contributed by atoms with van der Waals surface area (Å²) < 4.78 is 0. The zero-order valence-electron chi connectivity index (χ0n) is 10.6. The molecule has 0 aliphatic rings. The Labute approximate surface area is 102 Å². The number of hydrogen-bond donors (Lipinski definition) is 2. The lowest BCUT2D eigenvalue weighted by Crippen LogP contribution is -2.47. The molecule has 4 nitrogen and oxygen atoms in total. The first-order valence-corrected chi connectivity index (χ1v) is 5.60. The van der Waals surface area contributed by atoms with Gasteiger partial charge in [-0.25, -0.2) is 0 Å². The van der Waals surface area contributed by atoms with Gasteiger partial charge >= 0.3 is 0 Å². The van der Waals surface area contributed by atoms with Crippen molar-refractivity contribution in [1.82, 2.24) is 4.90 Å². The number of likely N-dealkylation sites (N-methyl/N-ethyl adjacent to an activating group) is 1. The highest BCUT2D eigenvalue weighted by Gasteiger charge is 2.27. The van der Waals surface area contributed by atoms with Crippen LogP contribution in [0.1, 0.15) is 29.8 Å². The average Bonchev–Trinajstić information content (AvgIpc) is 2.37. The third-order valence-corrected chi connectivity index (χ3v) is 3.01. The van der Waals surface area contributed by atoms with Crippen LogP contribution in [0.25, 0.3) is 0 Å². The molecule has 0 spiro atoms. The number of hydrogen-bond acceptors (Lipinski definition) is 3. The number of nitrogens with two attached hydrogens (primary N) is 1.